The van der Waals surface area contributed by atoms with Crippen molar-refractivity contribution >= 4 is 11.5 Å². The zero-order valence-electron chi connectivity index (χ0n) is 11.6. The van der Waals surface area contributed by atoms with E-state index in [9.17, 15) is 10.1 Å². The molecule has 0 amide bonds. The van der Waals surface area contributed by atoms with Crippen molar-refractivity contribution in [2.24, 2.45) is 0 Å². The highest BCUT2D eigenvalue weighted by Gasteiger charge is 2.21. The number of benzene rings is 1. The van der Waals surface area contributed by atoms with E-state index in [2.05, 4.69) is 9.97 Å². The average molecular weight is 272 g/mol. The number of rotatable bonds is 2. The third-order valence-corrected chi connectivity index (χ3v) is 2.86. The van der Waals surface area contributed by atoms with E-state index in [0.717, 1.165) is 5.69 Å². The maximum absolute atomic E-state index is 11.1. The molecule has 6 nitrogen and oxygen atoms in total. The van der Waals surface area contributed by atoms with Crippen LogP contribution in [0.25, 0.3) is 11.4 Å². The van der Waals surface area contributed by atoms with Gasteiger partial charge in [-0.15, -0.1) is 0 Å². The molecule has 0 unspecified atom stereocenters. The van der Waals surface area contributed by atoms with Crippen LogP contribution in [-0.4, -0.2) is 14.9 Å². The van der Waals surface area contributed by atoms with Gasteiger partial charge in [0, 0.05) is 17.5 Å². The van der Waals surface area contributed by atoms with Gasteiger partial charge in [0.05, 0.1) is 16.2 Å². The maximum atomic E-state index is 11.1. The number of nitrogens with zero attached hydrogens (tertiary/aromatic N) is 3. The predicted molar refractivity (Wildman–Crippen MR) is 77.2 cm³/mol. The lowest BCUT2D eigenvalue weighted by molar-refractivity contribution is -0.384. The molecule has 0 aliphatic carbocycles. The van der Waals surface area contributed by atoms with Crippen molar-refractivity contribution in [1.82, 2.24) is 9.97 Å². The highest BCUT2D eigenvalue weighted by Crippen LogP contribution is 2.29. The summed E-state index contributed by atoms with van der Waals surface area (Å²) in [5.41, 5.74) is 6.67. The van der Waals surface area contributed by atoms with Crippen LogP contribution in [-0.2, 0) is 5.41 Å². The Bertz CT molecular complexity index is 662. The molecule has 0 aliphatic heterocycles. The van der Waals surface area contributed by atoms with E-state index in [1.165, 1.54) is 6.07 Å². The number of anilines is 1. The summed E-state index contributed by atoms with van der Waals surface area (Å²) in [5.74, 6) is 0.584. The van der Waals surface area contributed by atoms with E-state index in [-0.39, 0.29) is 16.9 Å². The lowest BCUT2D eigenvalue weighted by Crippen LogP contribution is -2.15. The van der Waals surface area contributed by atoms with Gasteiger partial charge in [0.25, 0.3) is 5.69 Å². The molecule has 1 aromatic heterocycles. The molecular formula is C14H16N4O2. The predicted octanol–water partition coefficient (Wildman–Crippen LogP) is 2.93. The second kappa shape index (κ2) is 4.88. The second-order valence-corrected chi connectivity index (χ2v) is 5.53. The summed E-state index contributed by atoms with van der Waals surface area (Å²) >= 11 is 0. The second-order valence-electron chi connectivity index (χ2n) is 5.53. The summed E-state index contributed by atoms with van der Waals surface area (Å²) in [6, 6.07) is 8.07. The Morgan fingerprint density at radius 3 is 2.45 bits per heavy atom. The Labute approximate surface area is 116 Å². The van der Waals surface area contributed by atoms with Crippen LogP contribution in [0.15, 0.2) is 30.3 Å². The van der Waals surface area contributed by atoms with Crippen LogP contribution < -0.4 is 5.73 Å². The molecule has 0 radical (unpaired) electrons. The monoisotopic (exact) mass is 272 g/mol. The largest absolute Gasteiger partial charge is 0.384 e. The standard InChI is InChI=1S/C14H16N4O2/c1-14(2,3)11-8-12(15)17-13(16-11)9-6-4-5-7-10(9)18(19)20/h4-8H,1-3H3,(H2,15,16,17). The van der Waals surface area contributed by atoms with Crippen LogP contribution in [0.5, 0.6) is 0 Å². The van der Waals surface area contributed by atoms with Crippen molar-refractivity contribution in [2.75, 3.05) is 5.73 Å². The van der Waals surface area contributed by atoms with Crippen LogP contribution in [0.4, 0.5) is 11.5 Å². The zero-order chi connectivity index (χ0) is 14.9. The summed E-state index contributed by atoms with van der Waals surface area (Å²) in [4.78, 5) is 19.2. The van der Waals surface area contributed by atoms with Crippen molar-refractivity contribution in [2.45, 2.75) is 26.2 Å². The summed E-state index contributed by atoms with van der Waals surface area (Å²) in [6.45, 7) is 5.99. The van der Waals surface area contributed by atoms with Gasteiger partial charge in [0.15, 0.2) is 5.82 Å². The van der Waals surface area contributed by atoms with E-state index in [1.54, 1.807) is 24.3 Å². The fraction of sp³-hybridized carbons (Fsp3) is 0.286. The van der Waals surface area contributed by atoms with Gasteiger partial charge in [0.2, 0.25) is 0 Å². The molecule has 0 fully saturated rings. The molecule has 0 bridgehead atoms. The molecule has 0 saturated carbocycles. The number of nitro benzene ring substituents is 1. The number of hydrogen-bond acceptors (Lipinski definition) is 5. The fourth-order valence-corrected chi connectivity index (χ4v) is 1.79. The normalized spacial score (nSPS) is 11.3. The van der Waals surface area contributed by atoms with E-state index < -0.39 is 4.92 Å². The Kier molecular flexibility index (Phi) is 3.40. The first-order valence-corrected chi connectivity index (χ1v) is 6.18. The molecule has 2 rings (SSSR count). The Morgan fingerprint density at radius 2 is 1.85 bits per heavy atom. The van der Waals surface area contributed by atoms with E-state index >= 15 is 0 Å². The van der Waals surface area contributed by atoms with Crippen LogP contribution in [0, 0.1) is 10.1 Å². The number of nitrogens with two attached hydrogens (primary N) is 1. The van der Waals surface area contributed by atoms with Gasteiger partial charge >= 0.3 is 0 Å². The molecule has 104 valence electrons. The van der Waals surface area contributed by atoms with Crippen LogP contribution >= 0.6 is 0 Å². The molecule has 0 atom stereocenters. The molecule has 0 aliphatic rings. The first-order valence-electron chi connectivity index (χ1n) is 6.18. The van der Waals surface area contributed by atoms with Crippen molar-refractivity contribution in [1.29, 1.82) is 0 Å². The topological polar surface area (TPSA) is 94.9 Å². The van der Waals surface area contributed by atoms with Crippen molar-refractivity contribution < 1.29 is 4.92 Å². The van der Waals surface area contributed by atoms with Crippen molar-refractivity contribution in [3.05, 3.63) is 46.1 Å². The summed E-state index contributed by atoms with van der Waals surface area (Å²) < 4.78 is 0. The maximum Gasteiger partial charge on any atom is 0.280 e. The Balaban J connectivity index is 2.65. The van der Waals surface area contributed by atoms with E-state index in [0.29, 0.717) is 11.4 Å². The van der Waals surface area contributed by atoms with Gasteiger partial charge in [-0.25, -0.2) is 9.97 Å². The van der Waals surface area contributed by atoms with E-state index in [1.807, 2.05) is 20.8 Å². The first-order chi connectivity index (χ1) is 9.29. The summed E-state index contributed by atoms with van der Waals surface area (Å²) in [5, 5.41) is 11.1. The molecule has 0 saturated heterocycles. The lowest BCUT2D eigenvalue weighted by atomic mass is 9.92. The van der Waals surface area contributed by atoms with Gasteiger partial charge in [0.1, 0.15) is 5.82 Å². The molecule has 2 aromatic rings. The van der Waals surface area contributed by atoms with Crippen LogP contribution in [0.2, 0.25) is 0 Å². The average Bonchev–Trinajstić information content (AvgIpc) is 2.37. The minimum absolute atomic E-state index is 0.0297. The van der Waals surface area contributed by atoms with Crippen LogP contribution in [0.3, 0.4) is 0 Å². The first kappa shape index (κ1) is 13.9. The molecule has 0 spiro atoms. The highest BCUT2D eigenvalue weighted by molar-refractivity contribution is 5.68. The van der Waals surface area contributed by atoms with Crippen LogP contribution in [0.1, 0.15) is 26.5 Å². The van der Waals surface area contributed by atoms with Crippen molar-refractivity contribution in [3.63, 3.8) is 0 Å². The summed E-state index contributed by atoms with van der Waals surface area (Å²) in [6.07, 6.45) is 0. The molecule has 2 N–H and O–H groups in total. The number of para-hydroxylation sites is 1. The minimum atomic E-state index is -0.446. The third kappa shape index (κ3) is 2.74. The van der Waals surface area contributed by atoms with E-state index in [4.69, 9.17) is 5.73 Å². The number of nitrogen functional groups attached to an aromatic ring is 1. The molecule has 1 aromatic carbocycles. The highest BCUT2D eigenvalue weighted by atomic mass is 16.6. The zero-order valence-corrected chi connectivity index (χ0v) is 11.6. The SMILES string of the molecule is CC(C)(C)c1cc(N)nc(-c2ccccc2[N+](=O)[O-])n1. The van der Waals surface area contributed by atoms with Gasteiger partial charge in [-0.05, 0) is 6.07 Å². The Morgan fingerprint density at radius 1 is 1.20 bits per heavy atom. The minimum Gasteiger partial charge on any atom is -0.384 e. The van der Waals surface area contributed by atoms with Gasteiger partial charge in [-0.3, -0.25) is 10.1 Å². The molecular weight excluding hydrogens is 256 g/mol. The molecule has 6 heteroatoms. The molecule has 1 heterocycles. The lowest BCUT2D eigenvalue weighted by Gasteiger charge is -2.18. The third-order valence-electron chi connectivity index (χ3n) is 2.86. The van der Waals surface area contributed by atoms with Gasteiger partial charge in [-0.1, -0.05) is 32.9 Å². The smallest absolute Gasteiger partial charge is 0.280 e. The fourth-order valence-electron chi connectivity index (χ4n) is 1.79. The van der Waals surface area contributed by atoms with Gasteiger partial charge in [-0.2, -0.15) is 0 Å². The number of hydrogen-bond donors (Lipinski definition) is 1. The summed E-state index contributed by atoms with van der Waals surface area (Å²) in [7, 11) is 0. The number of nitro groups is 1. The quantitative estimate of drug-likeness (QED) is 0.669. The van der Waals surface area contributed by atoms with Gasteiger partial charge < -0.3 is 5.73 Å². The van der Waals surface area contributed by atoms with Crippen molar-refractivity contribution in [3.8, 4) is 11.4 Å². The Hall–Kier alpha value is -2.50. The number of aromatic nitrogens is 2. The molecule has 20 heavy (non-hydrogen) atoms.